The number of methoxy groups -OCH3 is 1. The maximum absolute atomic E-state index is 12.6. The first kappa shape index (κ1) is 20.7. The average molecular weight is 367 g/mol. The van der Waals surface area contributed by atoms with Gasteiger partial charge in [0.2, 0.25) is 17.7 Å². The van der Waals surface area contributed by atoms with Gasteiger partial charge in [0, 0.05) is 39.1 Å². The molecule has 26 heavy (non-hydrogen) atoms. The minimum Gasteiger partial charge on any atom is -0.383 e. The first-order chi connectivity index (χ1) is 12.4. The van der Waals surface area contributed by atoms with Crippen LogP contribution in [0.4, 0.5) is 0 Å². The molecule has 1 saturated carbocycles. The van der Waals surface area contributed by atoms with Crippen LogP contribution in [0.15, 0.2) is 0 Å². The molecule has 0 aromatic carbocycles. The molecule has 0 bridgehead atoms. The minimum atomic E-state index is -0.545. The van der Waals surface area contributed by atoms with Gasteiger partial charge in [-0.2, -0.15) is 0 Å². The lowest BCUT2D eigenvalue weighted by Crippen LogP contribution is -2.54. The summed E-state index contributed by atoms with van der Waals surface area (Å²) in [6.07, 6.45) is 3.90. The summed E-state index contributed by atoms with van der Waals surface area (Å²) in [5.41, 5.74) is 0. The zero-order valence-corrected chi connectivity index (χ0v) is 16.3. The quantitative estimate of drug-likeness (QED) is 0.594. The second-order valence-corrected chi connectivity index (χ2v) is 7.86. The second-order valence-electron chi connectivity index (χ2n) is 7.86. The van der Waals surface area contributed by atoms with Crippen LogP contribution in [0, 0.1) is 17.8 Å². The van der Waals surface area contributed by atoms with E-state index in [1.807, 2.05) is 18.7 Å². The van der Waals surface area contributed by atoms with Gasteiger partial charge >= 0.3 is 0 Å². The molecule has 2 N–H and O–H groups in total. The van der Waals surface area contributed by atoms with Crippen LogP contribution >= 0.6 is 0 Å². The molecule has 0 aromatic heterocycles. The van der Waals surface area contributed by atoms with Gasteiger partial charge in [-0.15, -0.1) is 0 Å². The standard InChI is InChI=1S/C19H33N3O4/c1-13(2)12-16(23)21-17(18(24)20-8-11-26-3)14-6-9-22(10-7-14)19(25)15-4-5-15/h13-15,17H,4-12H2,1-3H3,(H,20,24)(H,21,23). The summed E-state index contributed by atoms with van der Waals surface area (Å²) < 4.78 is 4.97. The Morgan fingerprint density at radius 3 is 2.31 bits per heavy atom. The Morgan fingerprint density at radius 2 is 1.77 bits per heavy atom. The minimum absolute atomic E-state index is 0.0527. The maximum Gasteiger partial charge on any atom is 0.242 e. The molecule has 2 rings (SSSR count). The van der Waals surface area contributed by atoms with E-state index in [0.717, 1.165) is 25.7 Å². The Kier molecular flexibility index (Phi) is 7.87. The summed E-state index contributed by atoms with van der Waals surface area (Å²) in [4.78, 5) is 39.0. The molecule has 1 saturated heterocycles. The number of likely N-dealkylation sites (tertiary alicyclic amines) is 1. The largest absolute Gasteiger partial charge is 0.383 e. The van der Waals surface area contributed by atoms with Crippen molar-refractivity contribution >= 4 is 17.7 Å². The lowest BCUT2D eigenvalue weighted by molar-refractivity contribution is -0.135. The highest BCUT2D eigenvalue weighted by atomic mass is 16.5. The van der Waals surface area contributed by atoms with Gasteiger partial charge in [-0.1, -0.05) is 13.8 Å². The van der Waals surface area contributed by atoms with Crippen LogP contribution in [0.1, 0.15) is 46.0 Å². The van der Waals surface area contributed by atoms with E-state index >= 15 is 0 Å². The number of carbonyl (C=O) groups is 3. The van der Waals surface area contributed by atoms with Gasteiger partial charge in [-0.05, 0) is 37.5 Å². The number of rotatable bonds is 9. The van der Waals surface area contributed by atoms with Crippen LogP contribution in [0.25, 0.3) is 0 Å². The predicted molar refractivity (Wildman–Crippen MR) is 98.3 cm³/mol. The van der Waals surface area contributed by atoms with Crippen molar-refractivity contribution in [2.45, 2.75) is 52.0 Å². The predicted octanol–water partition coefficient (Wildman–Crippen LogP) is 0.928. The summed E-state index contributed by atoms with van der Waals surface area (Å²) in [5.74, 6) is 0.524. The molecule has 7 heteroatoms. The van der Waals surface area contributed by atoms with Gasteiger partial charge in [0.05, 0.1) is 6.61 Å². The molecule has 148 valence electrons. The van der Waals surface area contributed by atoms with Crippen LogP contribution < -0.4 is 10.6 Å². The average Bonchev–Trinajstić information content (AvgIpc) is 3.44. The Bertz CT molecular complexity index is 497. The van der Waals surface area contributed by atoms with Crippen molar-refractivity contribution < 1.29 is 19.1 Å². The summed E-state index contributed by atoms with van der Waals surface area (Å²) in [7, 11) is 1.58. The van der Waals surface area contributed by atoms with Crippen molar-refractivity contribution in [3.8, 4) is 0 Å². The number of nitrogens with zero attached hydrogens (tertiary/aromatic N) is 1. The van der Waals surface area contributed by atoms with E-state index < -0.39 is 6.04 Å². The summed E-state index contributed by atoms with van der Waals surface area (Å²) in [5, 5.41) is 5.77. The van der Waals surface area contributed by atoms with Crippen LogP contribution in [-0.4, -0.2) is 62.0 Å². The zero-order chi connectivity index (χ0) is 19.1. The number of amides is 3. The molecule has 2 aliphatic rings. The van der Waals surface area contributed by atoms with Gasteiger partial charge in [-0.25, -0.2) is 0 Å². The third-order valence-electron chi connectivity index (χ3n) is 5.05. The van der Waals surface area contributed by atoms with Gasteiger partial charge in [-0.3, -0.25) is 14.4 Å². The zero-order valence-electron chi connectivity index (χ0n) is 16.3. The molecular formula is C19H33N3O4. The summed E-state index contributed by atoms with van der Waals surface area (Å²) in [6, 6.07) is -0.545. The number of hydrogen-bond donors (Lipinski definition) is 2. The Balaban J connectivity index is 1.92. The fourth-order valence-electron chi connectivity index (χ4n) is 3.43. The van der Waals surface area contributed by atoms with Gasteiger partial charge < -0.3 is 20.3 Å². The van der Waals surface area contributed by atoms with Crippen molar-refractivity contribution in [1.29, 1.82) is 0 Å². The fourth-order valence-corrected chi connectivity index (χ4v) is 3.43. The Morgan fingerprint density at radius 1 is 1.12 bits per heavy atom. The van der Waals surface area contributed by atoms with Crippen molar-refractivity contribution in [1.82, 2.24) is 15.5 Å². The maximum atomic E-state index is 12.6. The van der Waals surface area contributed by atoms with Crippen molar-refractivity contribution in [2.75, 3.05) is 33.4 Å². The fraction of sp³-hybridized carbons (Fsp3) is 0.842. The van der Waals surface area contributed by atoms with E-state index in [-0.39, 0.29) is 35.5 Å². The normalized spacial score (nSPS) is 19.3. The molecule has 1 aliphatic heterocycles. The first-order valence-electron chi connectivity index (χ1n) is 9.77. The molecule has 1 aliphatic carbocycles. The molecule has 1 heterocycles. The van der Waals surface area contributed by atoms with Crippen LogP contribution in [0.3, 0.4) is 0 Å². The van der Waals surface area contributed by atoms with Crippen LogP contribution in [0.2, 0.25) is 0 Å². The van der Waals surface area contributed by atoms with Crippen molar-refractivity contribution in [3.63, 3.8) is 0 Å². The lowest BCUT2D eigenvalue weighted by Gasteiger charge is -2.36. The third kappa shape index (κ3) is 6.27. The SMILES string of the molecule is COCCNC(=O)C(NC(=O)CC(C)C)C1CCN(C(=O)C2CC2)CC1. The molecule has 3 amide bonds. The molecular weight excluding hydrogens is 334 g/mol. The first-order valence-corrected chi connectivity index (χ1v) is 9.77. The number of piperidine rings is 1. The summed E-state index contributed by atoms with van der Waals surface area (Å²) >= 11 is 0. The number of carbonyl (C=O) groups excluding carboxylic acids is 3. The third-order valence-corrected chi connectivity index (χ3v) is 5.05. The van der Waals surface area contributed by atoms with Crippen molar-refractivity contribution in [2.24, 2.45) is 17.8 Å². The summed E-state index contributed by atoms with van der Waals surface area (Å²) in [6.45, 7) is 6.16. The molecule has 1 atom stereocenters. The lowest BCUT2D eigenvalue weighted by atomic mass is 9.88. The van der Waals surface area contributed by atoms with Crippen molar-refractivity contribution in [3.05, 3.63) is 0 Å². The topological polar surface area (TPSA) is 87.7 Å². The molecule has 0 aromatic rings. The van der Waals surface area contributed by atoms with E-state index in [9.17, 15) is 14.4 Å². The van der Waals surface area contributed by atoms with Gasteiger partial charge in [0.1, 0.15) is 6.04 Å². The van der Waals surface area contributed by atoms with Crippen LogP contribution in [-0.2, 0) is 19.1 Å². The Hall–Kier alpha value is -1.63. The highest BCUT2D eigenvalue weighted by Crippen LogP contribution is 2.33. The van der Waals surface area contributed by atoms with E-state index in [1.54, 1.807) is 7.11 Å². The van der Waals surface area contributed by atoms with Crippen LogP contribution in [0.5, 0.6) is 0 Å². The molecule has 0 radical (unpaired) electrons. The number of hydrogen-bond acceptors (Lipinski definition) is 4. The van der Waals surface area contributed by atoms with E-state index in [4.69, 9.17) is 4.74 Å². The van der Waals surface area contributed by atoms with E-state index in [1.165, 1.54) is 0 Å². The van der Waals surface area contributed by atoms with Gasteiger partial charge in [0.15, 0.2) is 0 Å². The molecule has 7 nitrogen and oxygen atoms in total. The second kappa shape index (κ2) is 9.90. The highest BCUT2D eigenvalue weighted by molar-refractivity contribution is 5.88. The van der Waals surface area contributed by atoms with Gasteiger partial charge in [0.25, 0.3) is 0 Å². The number of ether oxygens (including phenoxy) is 1. The Labute approximate surface area is 156 Å². The smallest absolute Gasteiger partial charge is 0.242 e. The van der Waals surface area contributed by atoms with E-state index in [0.29, 0.717) is 32.7 Å². The van der Waals surface area contributed by atoms with E-state index in [2.05, 4.69) is 10.6 Å². The molecule has 2 fully saturated rings. The molecule has 0 spiro atoms. The number of nitrogens with one attached hydrogen (secondary N) is 2. The molecule has 1 unspecified atom stereocenters. The monoisotopic (exact) mass is 367 g/mol. The highest BCUT2D eigenvalue weighted by Gasteiger charge is 2.37.